The molecular formula is C17H12FNO2. The number of ether oxygens (including phenoxy) is 1. The summed E-state index contributed by atoms with van der Waals surface area (Å²) in [6.45, 7) is 1.38. The van der Waals surface area contributed by atoms with Crippen molar-refractivity contribution in [1.29, 1.82) is 0 Å². The van der Waals surface area contributed by atoms with Gasteiger partial charge in [0.25, 0.3) is 0 Å². The van der Waals surface area contributed by atoms with Crippen LogP contribution >= 0.6 is 0 Å². The Morgan fingerprint density at radius 3 is 2.76 bits per heavy atom. The van der Waals surface area contributed by atoms with Crippen molar-refractivity contribution in [3.05, 3.63) is 66.1 Å². The zero-order valence-electron chi connectivity index (χ0n) is 11.3. The molecule has 21 heavy (non-hydrogen) atoms. The maximum Gasteiger partial charge on any atom is 0.163 e. The summed E-state index contributed by atoms with van der Waals surface area (Å²) in [5.41, 5.74) is 1.01. The maximum absolute atomic E-state index is 13.3. The van der Waals surface area contributed by atoms with Crippen molar-refractivity contribution in [2.24, 2.45) is 0 Å². The fourth-order valence-electron chi connectivity index (χ4n) is 2.15. The van der Waals surface area contributed by atoms with Crippen molar-refractivity contribution in [3.8, 4) is 11.5 Å². The number of hydrogen-bond donors (Lipinski definition) is 0. The highest BCUT2D eigenvalue weighted by Crippen LogP contribution is 2.31. The number of aromatic nitrogens is 1. The first kappa shape index (κ1) is 13.2. The van der Waals surface area contributed by atoms with Crippen LogP contribution in [-0.4, -0.2) is 10.8 Å². The van der Waals surface area contributed by atoms with Gasteiger partial charge in [-0.15, -0.1) is 0 Å². The number of carbonyl (C=O) groups excluding carboxylic acids is 1. The summed E-state index contributed by atoms with van der Waals surface area (Å²) in [6, 6.07) is 13.1. The first-order valence-corrected chi connectivity index (χ1v) is 6.47. The second-order valence-corrected chi connectivity index (χ2v) is 4.62. The predicted octanol–water partition coefficient (Wildman–Crippen LogP) is 4.37. The zero-order chi connectivity index (χ0) is 14.8. The third-order valence-electron chi connectivity index (χ3n) is 3.15. The third kappa shape index (κ3) is 2.60. The molecule has 2 aromatic carbocycles. The molecule has 0 saturated heterocycles. The Morgan fingerprint density at radius 1 is 1.10 bits per heavy atom. The molecule has 0 saturated carbocycles. The van der Waals surface area contributed by atoms with E-state index in [0.29, 0.717) is 11.5 Å². The van der Waals surface area contributed by atoms with Gasteiger partial charge in [-0.2, -0.15) is 0 Å². The van der Waals surface area contributed by atoms with Crippen molar-refractivity contribution in [2.75, 3.05) is 0 Å². The fourth-order valence-corrected chi connectivity index (χ4v) is 2.15. The lowest BCUT2D eigenvalue weighted by atomic mass is 10.1. The molecular weight excluding hydrogens is 269 g/mol. The Hall–Kier alpha value is -2.75. The van der Waals surface area contributed by atoms with E-state index in [9.17, 15) is 9.18 Å². The number of carbonyl (C=O) groups is 1. The topological polar surface area (TPSA) is 39.2 Å². The SMILES string of the molecule is CC(=O)c1cc(F)ccc1Oc1cccc2ncccc12. The van der Waals surface area contributed by atoms with Crippen LogP contribution in [-0.2, 0) is 0 Å². The van der Waals surface area contributed by atoms with E-state index >= 15 is 0 Å². The lowest BCUT2D eigenvalue weighted by Crippen LogP contribution is -1.98. The van der Waals surface area contributed by atoms with Crippen LogP contribution in [0.25, 0.3) is 10.9 Å². The highest BCUT2D eigenvalue weighted by Gasteiger charge is 2.12. The van der Waals surface area contributed by atoms with E-state index in [-0.39, 0.29) is 11.3 Å². The second-order valence-electron chi connectivity index (χ2n) is 4.62. The largest absolute Gasteiger partial charge is 0.456 e. The summed E-state index contributed by atoms with van der Waals surface area (Å²) >= 11 is 0. The summed E-state index contributed by atoms with van der Waals surface area (Å²) < 4.78 is 19.1. The molecule has 0 N–H and O–H groups in total. The van der Waals surface area contributed by atoms with E-state index in [2.05, 4.69) is 4.98 Å². The number of pyridine rings is 1. The first-order chi connectivity index (χ1) is 10.1. The van der Waals surface area contributed by atoms with E-state index in [0.717, 1.165) is 10.9 Å². The molecule has 3 rings (SSSR count). The molecule has 0 aliphatic rings. The minimum absolute atomic E-state index is 0.218. The molecule has 0 unspecified atom stereocenters. The van der Waals surface area contributed by atoms with Crippen LogP contribution in [0.15, 0.2) is 54.7 Å². The van der Waals surface area contributed by atoms with Crippen molar-refractivity contribution in [3.63, 3.8) is 0 Å². The van der Waals surface area contributed by atoms with Gasteiger partial charge in [-0.1, -0.05) is 6.07 Å². The van der Waals surface area contributed by atoms with Crippen LogP contribution in [0.3, 0.4) is 0 Å². The van der Waals surface area contributed by atoms with Gasteiger partial charge in [0, 0.05) is 11.6 Å². The number of benzene rings is 2. The molecule has 0 atom stereocenters. The Labute approximate surface area is 121 Å². The van der Waals surface area contributed by atoms with E-state index in [4.69, 9.17) is 4.74 Å². The summed E-state index contributed by atoms with van der Waals surface area (Å²) in [7, 11) is 0. The van der Waals surface area contributed by atoms with Gasteiger partial charge in [-0.05, 0) is 49.4 Å². The standard InChI is InChI=1S/C17H12FNO2/c1-11(20)14-10-12(18)7-8-17(14)21-16-6-2-5-15-13(16)4-3-9-19-15/h2-10H,1H3. The summed E-state index contributed by atoms with van der Waals surface area (Å²) in [6.07, 6.45) is 1.70. The zero-order valence-corrected chi connectivity index (χ0v) is 11.3. The van der Waals surface area contributed by atoms with Gasteiger partial charge in [0.2, 0.25) is 0 Å². The molecule has 0 amide bonds. The van der Waals surface area contributed by atoms with Gasteiger partial charge >= 0.3 is 0 Å². The summed E-state index contributed by atoms with van der Waals surface area (Å²) in [5, 5.41) is 0.832. The Bertz CT molecular complexity index is 825. The van der Waals surface area contributed by atoms with Crippen molar-refractivity contribution < 1.29 is 13.9 Å². The summed E-state index contributed by atoms with van der Waals surface area (Å²) in [5.74, 6) is 0.199. The molecule has 0 bridgehead atoms. The maximum atomic E-state index is 13.3. The average Bonchev–Trinajstić information content (AvgIpc) is 2.49. The molecule has 0 fully saturated rings. The highest BCUT2D eigenvalue weighted by molar-refractivity contribution is 5.97. The minimum atomic E-state index is -0.466. The van der Waals surface area contributed by atoms with Crippen molar-refractivity contribution in [1.82, 2.24) is 4.98 Å². The van der Waals surface area contributed by atoms with E-state index < -0.39 is 5.82 Å². The van der Waals surface area contributed by atoms with Gasteiger partial charge < -0.3 is 4.74 Å². The van der Waals surface area contributed by atoms with Gasteiger partial charge in [0.05, 0.1) is 11.1 Å². The quantitative estimate of drug-likeness (QED) is 0.669. The molecule has 0 aliphatic heterocycles. The molecule has 3 aromatic rings. The normalized spacial score (nSPS) is 10.6. The van der Waals surface area contributed by atoms with Crippen LogP contribution in [0.1, 0.15) is 17.3 Å². The van der Waals surface area contributed by atoms with Gasteiger partial charge in [0.15, 0.2) is 5.78 Å². The Balaban J connectivity index is 2.09. The predicted molar refractivity (Wildman–Crippen MR) is 78.2 cm³/mol. The van der Waals surface area contributed by atoms with E-state index in [1.165, 1.54) is 25.1 Å². The molecule has 1 aromatic heterocycles. The van der Waals surface area contributed by atoms with Crippen LogP contribution in [0.4, 0.5) is 4.39 Å². The summed E-state index contributed by atoms with van der Waals surface area (Å²) in [4.78, 5) is 15.9. The molecule has 0 spiro atoms. The molecule has 0 radical (unpaired) electrons. The van der Waals surface area contributed by atoms with Crippen molar-refractivity contribution in [2.45, 2.75) is 6.92 Å². The molecule has 3 nitrogen and oxygen atoms in total. The highest BCUT2D eigenvalue weighted by atomic mass is 19.1. The second kappa shape index (κ2) is 5.32. The number of hydrogen-bond acceptors (Lipinski definition) is 3. The molecule has 0 aliphatic carbocycles. The third-order valence-corrected chi connectivity index (χ3v) is 3.15. The lowest BCUT2D eigenvalue weighted by Gasteiger charge is -2.11. The number of halogens is 1. The number of ketones is 1. The number of rotatable bonds is 3. The van der Waals surface area contributed by atoms with E-state index in [1.807, 2.05) is 24.3 Å². The Kier molecular flexibility index (Phi) is 3.36. The number of fused-ring (bicyclic) bond motifs is 1. The molecule has 1 heterocycles. The van der Waals surface area contributed by atoms with Gasteiger partial charge in [-0.25, -0.2) is 4.39 Å². The molecule has 4 heteroatoms. The Morgan fingerprint density at radius 2 is 1.95 bits per heavy atom. The fraction of sp³-hybridized carbons (Fsp3) is 0.0588. The van der Waals surface area contributed by atoms with Gasteiger partial charge in [0.1, 0.15) is 17.3 Å². The van der Waals surface area contributed by atoms with Gasteiger partial charge in [-0.3, -0.25) is 9.78 Å². The minimum Gasteiger partial charge on any atom is -0.456 e. The number of Topliss-reactive ketones (excluding diaryl/α,β-unsaturated/α-hetero) is 1. The van der Waals surface area contributed by atoms with Crippen LogP contribution in [0.2, 0.25) is 0 Å². The lowest BCUT2D eigenvalue weighted by molar-refractivity contribution is 0.101. The van der Waals surface area contributed by atoms with Crippen LogP contribution < -0.4 is 4.74 Å². The van der Waals surface area contributed by atoms with Crippen molar-refractivity contribution >= 4 is 16.7 Å². The van der Waals surface area contributed by atoms with Crippen LogP contribution in [0, 0.1) is 5.82 Å². The smallest absolute Gasteiger partial charge is 0.163 e. The molecule has 104 valence electrons. The average molecular weight is 281 g/mol. The first-order valence-electron chi connectivity index (χ1n) is 6.47. The van der Waals surface area contributed by atoms with E-state index in [1.54, 1.807) is 12.3 Å². The number of nitrogens with zero attached hydrogens (tertiary/aromatic N) is 1. The van der Waals surface area contributed by atoms with Crippen LogP contribution in [0.5, 0.6) is 11.5 Å². The monoisotopic (exact) mass is 281 g/mol.